The maximum atomic E-state index is 12.6. The van der Waals surface area contributed by atoms with Crippen molar-refractivity contribution in [3.63, 3.8) is 0 Å². The van der Waals surface area contributed by atoms with Gasteiger partial charge in [0.15, 0.2) is 0 Å². The first kappa shape index (κ1) is 14.9. The Morgan fingerprint density at radius 3 is 2.06 bits per heavy atom. The summed E-state index contributed by atoms with van der Waals surface area (Å²) in [6.45, 7) is 3.14. The zero-order valence-corrected chi connectivity index (χ0v) is 9.24. The number of rotatable bonds is 2. The summed E-state index contributed by atoms with van der Waals surface area (Å²) in [5, 5.41) is 2.93. The van der Waals surface area contributed by atoms with Crippen molar-refractivity contribution in [3.05, 3.63) is 35.6 Å². The van der Waals surface area contributed by atoms with Gasteiger partial charge in [0.25, 0.3) is 0 Å². The molecule has 0 aromatic heterocycles. The summed E-state index contributed by atoms with van der Waals surface area (Å²) in [5.74, 6) is -0.810. The van der Waals surface area contributed by atoms with Crippen molar-refractivity contribution in [1.82, 2.24) is 5.32 Å². The Kier molecular flexibility index (Phi) is 6.72. The normalized spacial score (nSPS) is 10.6. The van der Waals surface area contributed by atoms with E-state index in [0.29, 0.717) is 0 Å². The van der Waals surface area contributed by atoms with Crippen molar-refractivity contribution in [3.8, 4) is 0 Å². The van der Waals surface area contributed by atoms with Crippen molar-refractivity contribution < 1.29 is 17.6 Å². The highest BCUT2D eigenvalue weighted by atomic mass is 19.4. The van der Waals surface area contributed by atoms with E-state index in [9.17, 15) is 17.6 Å². The molecule has 0 aliphatic heterocycles. The highest BCUT2D eigenvalue weighted by Crippen LogP contribution is 2.22. The maximum Gasteiger partial charge on any atom is 0.393 e. The lowest BCUT2D eigenvalue weighted by atomic mass is 10.1. The van der Waals surface area contributed by atoms with Gasteiger partial charge in [-0.15, -0.1) is 0 Å². The molecule has 0 aliphatic carbocycles. The van der Waals surface area contributed by atoms with Crippen LogP contribution in [0.25, 0.3) is 0 Å². The van der Waals surface area contributed by atoms with E-state index in [1.54, 1.807) is 0 Å². The van der Waals surface area contributed by atoms with Gasteiger partial charge >= 0.3 is 6.18 Å². The van der Waals surface area contributed by atoms with Gasteiger partial charge in [0, 0.05) is 0 Å². The van der Waals surface area contributed by atoms with Crippen LogP contribution < -0.4 is 5.32 Å². The molecule has 0 atom stereocenters. The zero-order valence-electron chi connectivity index (χ0n) is 9.24. The first-order valence-corrected chi connectivity index (χ1v) is 4.85. The second-order valence-electron chi connectivity index (χ2n) is 3.09. The Hall–Kier alpha value is -1.10. The van der Waals surface area contributed by atoms with Crippen molar-refractivity contribution in [1.29, 1.82) is 0 Å². The van der Waals surface area contributed by atoms with Crippen LogP contribution in [0.4, 0.5) is 17.6 Å². The molecule has 0 saturated heterocycles. The van der Waals surface area contributed by atoms with Crippen molar-refractivity contribution in [2.75, 3.05) is 13.6 Å². The summed E-state index contributed by atoms with van der Waals surface area (Å²) in [6, 6.07) is 4.88. The SMILES string of the molecule is CCNC.Fc1ccccc1CC(F)(F)F. The molecular formula is C11H15F4N. The molecule has 0 amide bonds. The molecule has 0 unspecified atom stereocenters. The standard InChI is InChI=1S/C8H6F4.C3H9N/c9-7-4-2-1-3-6(7)5-8(10,11)12;1-3-4-2/h1-4H,5H2;4H,3H2,1-2H3. The van der Waals surface area contributed by atoms with Gasteiger partial charge in [-0.1, -0.05) is 25.1 Å². The Balaban J connectivity index is 0.000000487. The summed E-state index contributed by atoms with van der Waals surface area (Å²) in [5.41, 5.74) is -0.315. The van der Waals surface area contributed by atoms with Gasteiger partial charge in [-0.25, -0.2) is 4.39 Å². The fourth-order valence-corrected chi connectivity index (χ4v) is 0.858. The van der Waals surface area contributed by atoms with E-state index in [1.807, 2.05) is 7.05 Å². The fraction of sp³-hybridized carbons (Fsp3) is 0.455. The zero-order chi connectivity index (χ0) is 12.6. The molecular weight excluding hydrogens is 222 g/mol. The summed E-state index contributed by atoms with van der Waals surface area (Å²) in [6.07, 6.45) is -5.55. The lowest BCUT2D eigenvalue weighted by Gasteiger charge is -2.06. The van der Waals surface area contributed by atoms with E-state index in [0.717, 1.165) is 18.7 Å². The van der Waals surface area contributed by atoms with Crippen LogP contribution in [0.1, 0.15) is 12.5 Å². The Labute approximate surface area is 92.5 Å². The molecule has 1 aromatic rings. The van der Waals surface area contributed by atoms with Crippen LogP contribution in [-0.2, 0) is 6.42 Å². The number of hydrogen-bond acceptors (Lipinski definition) is 1. The van der Waals surface area contributed by atoms with Gasteiger partial charge in [-0.2, -0.15) is 13.2 Å². The molecule has 0 radical (unpaired) electrons. The van der Waals surface area contributed by atoms with Crippen molar-refractivity contribution in [2.24, 2.45) is 0 Å². The van der Waals surface area contributed by atoms with Crippen molar-refractivity contribution in [2.45, 2.75) is 19.5 Å². The third-order valence-corrected chi connectivity index (χ3v) is 1.70. The average Bonchev–Trinajstić information content (AvgIpc) is 2.20. The largest absolute Gasteiger partial charge is 0.393 e. The third-order valence-electron chi connectivity index (χ3n) is 1.70. The Bertz CT molecular complexity index is 294. The van der Waals surface area contributed by atoms with E-state index in [1.165, 1.54) is 12.1 Å². The molecule has 0 bridgehead atoms. The molecule has 0 fully saturated rings. The number of halogens is 4. The number of benzene rings is 1. The molecule has 5 heteroatoms. The molecule has 0 saturated carbocycles. The number of alkyl halides is 3. The predicted molar refractivity (Wildman–Crippen MR) is 55.8 cm³/mol. The lowest BCUT2D eigenvalue weighted by Crippen LogP contribution is -2.12. The predicted octanol–water partition coefficient (Wildman–Crippen LogP) is 3.16. The van der Waals surface area contributed by atoms with E-state index >= 15 is 0 Å². The minimum atomic E-state index is -4.35. The van der Waals surface area contributed by atoms with Gasteiger partial charge < -0.3 is 5.32 Å². The molecule has 16 heavy (non-hydrogen) atoms. The van der Waals surface area contributed by atoms with Gasteiger partial charge in [-0.05, 0) is 25.2 Å². The molecule has 0 spiro atoms. The first-order valence-electron chi connectivity index (χ1n) is 4.85. The second kappa shape index (κ2) is 7.22. The van der Waals surface area contributed by atoms with Gasteiger partial charge in [0.05, 0.1) is 6.42 Å². The molecule has 92 valence electrons. The minimum absolute atomic E-state index is 0.315. The molecule has 1 rings (SSSR count). The van der Waals surface area contributed by atoms with E-state index < -0.39 is 18.4 Å². The highest BCUT2D eigenvalue weighted by molar-refractivity contribution is 5.18. The fourth-order valence-electron chi connectivity index (χ4n) is 0.858. The summed E-state index contributed by atoms with van der Waals surface area (Å²) in [4.78, 5) is 0. The van der Waals surface area contributed by atoms with Crippen molar-refractivity contribution >= 4 is 0 Å². The van der Waals surface area contributed by atoms with Crippen LogP contribution in [0.15, 0.2) is 24.3 Å². The summed E-state index contributed by atoms with van der Waals surface area (Å²) < 4.78 is 47.9. The van der Waals surface area contributed by atoms with Crippen LogP contribution >= 0.6 is 0 Å². The maximum absolute atomic E-state index is 12.6. The van der Waals surface area contributed by atoms with Gasteiger partial charge in [-0.3, -0.25) is 0 Å². The van der Waals surface area contributed by atoms with E-state index in [-0.39, 0.29) is 5.56 Å². The first-order chi connectivity index (χ1) is 7.40. The molecule has 1 nitrogen and oxygen atoms in total. The smallest absolute Gasteiger partial charge is 0.320 e. The Morgan fingerprint density at radius 1 is 1.19 bits per heavy atom. The minimum Gasteiger partial charge on any atom is -0.320 e. The number of hydrogen-bond donors (Lipinski definition) is 1. The van der Waals surface area contributed by atoms with Gasteiger partial charge in [0.2, 0.25) is 0 Å². The van der Waals surface area contributed by atoms with Crippen LogP contribution in [0.5, 0.6) is 0 Å². The van der Waals surface area contributed by atoms with Gasteiger partial charge in [0.1, 0.15) is 5.82 Å². The van der Waals surface area contributed by atoms with Crippen LogP contribution in [0, 0.1) is 5.82 Å². The average molecular weight is 237 g/mol. The number of nitrogens with one attached hydrogen (secondary N) is 1. The second-order valence-corrected chi connectivity index (χ2v) is 3.09. The van der Waals surface area contributed by atoms with E-state index in [2.05, 4.69) is 12.2 Å². The lowest BCUT2D eigenvalue weighted by molar-refractivity contribution is -0.127. The molecule has 1 N–H and O–H groups in total. The highest BCUT2D eigenvalue weighted by Gasteiger charge is 2.28. The monoisotopic (exact) mass is 237 g/mol. The quantitative estimate of drug-likeness (QED) is 0.779. The van der Waals surface area contributed by atoms with Crippen LogP contribution in [0.2, 0.25) is 0 Å². The molecule has 0 aliphatic rings. The van der Waals surface area contributed by atoms with Crippen LogP contribution in [-0.4, -0.2) is 19.8 Å². The summed E-state index contributed by atoms with van der Waals surface area (Å²) >= 11 is 0. The third kappa shape index (κ3) is 7.23. The molecule has 0 heterocycles. The Morgan fingerprint density at radius 2 is 1.69 bits per heavy atom. The summed E-state index contributed by atoms with van der Waals surface area (Å²) in [7, 11) is 1.93. The van der Waals surface area contributed by atoms with E-state index in [4.69, 9.17) is 0 Å². The topological polar surface area (TPSA) is 12.0 Å². The molecule has 1 aromatic carbocycles. The van der Waals surface area contributed by atoms with Crippen LogP contribution in [0.3, 0.4) is 0 Å².